The zero-order valence-electron chi connectivity index (χ0n) is 14.9. The van der Waals surface area contributed by atoms with Crippen LogP contribution in [0.2, 0.25) is 0 Å². The van der Waals surface area contributed by atoms with Crippen molar-refractivity contribution < 1.29 is 0 Å². The number of rotatable bonds is 3. The molecule has 0 aromatic heterocycles. The first-order valence-electron chi connectivity index (χ1n) is 8.52. The monoisotopic (exact) mass is 308 g/mol. The molecule has 0 aliphatic carbocycles. The van der Waals surface area contributed by atoms with Gasteiger partial charge in [0, 0.05) is 19.3 Å². The number of nitrogens with zero attached hydrogens (tertiary/aromatic N) is 1. The summed E-state index contributed by atoms with van der Waals surface area (Å²) in [5.41, 5.74) is 0.345. The van der Waals surface area contributed by atoms with Crippen molar-refractivity contribution in [1.82, 2.24) is 10.2 Å². The maximum atomic E-state index is 3.75. The second-order valence-electron chi connectivity index (χ2n) is 8.07. The molecule has 0 amide bonds. The molecule has 1 aliphatic rings. The third kappa shape index (κ3) is 3.76. The molecule has 1 aliphatic heterocycles. The van der Waals surface area contributed by atoms with Crippen molar-refractivity contribution in [2.24, 2.45) is 5.41 Å². The summed E-state index contributed by atoms with van der Waals surface area (Å²) in [6.07, 6.45) is 6.01. The van der Waals surface area contributed by atoms with E-state index in [4.69, 9.17) is 0 Å². The summed E-state index contributed by atoms with van der Waals surface area (Å²) in [5, 5.41) is 8.98. The van der Waals surface area contributed by atoms with Crippen molar-refractivity contribution in [3.63, 3.8) is 0 Å². The van der Waals surface area contributed by atoms with Crippen LogP contribution in [0, 0.1) is 5.41 Å². The van der Waals surface area contributed by atoms with Gasteiger partial charge in [-0.3, -0.25) is 5.32 Å². The highest BCUT2D eigenvalue weighted by atomic mass is 15.2. The fourth-order valence-corrected chi connectivity index (χ4v) is 3.55. The van der Waals surface area contributed by atoms with Crippen LogP contribution < -0.4 is 15.8 Å². The molecule has 0 fully saturated rings. The van der Waals surface area contributed by atoms with E-state index in [9.17, 15) is 0 Å². The lowest BCUT2D eigenvalue weighted by Crippen LogP contribution is -2.50. The zero-order chi connectivity index (χ0) is 16.6. The van der Waals surface area contributed by atoms with Crippen LogP contribution >= 0.6 is 0 Å². The quantitative estimate of drug-likeness (QED) is 0.937. The smallest absolute Gasteiger partial charge is 0.0990 e. The van der Waals surface area contributed by atoms with Crippen molar-refractivity contribution in [2.75, 3.05) is 7.05 Å². The Morgan fingerprint density at radius 1 is 1.09 bits per heavy atom. The molecule has 2 atom stereocenters. The van der Waals surface area contributed by atoms with Crippen LogP contribution in [0.15, 0.2) is 36.4 Å². The molecular formula is C21H28N2. The highest BCUT2D eigenvalue weighted by Gasteiger charge is 2.19. The summed E-state index contributed by atoms with van der Waals surface area (Å²) in [5.74, 6) is 0. The molecule has 0 spiro atoms. The molecule has 2 heteroatoms. The Morgan fingerprint density at radius 3 is 2.30 bits per heavy atom. The first-order valence-corrected chi connectivity index (χ1v) is 8.52. The molecule has 0 bridgehead atoms. The fourth-order valence-electron chi connectivity index (χ4n) is 3.55. The first-order chi connectivity index (χ1) is 10.8. The van der Waals surface area contributed by atoms with E-state index in [1.165, 1.54) is 21.2 Å². The Kier molecular flexibility index (Phi) is 4.20. The molecule has 1 N–H and O–H groups in total. The molecule has 3 rings (SSSR count). The Balaban J connectivity index is 1.91. The molecule has 2 nitrogen and oxygen atoms in total. The largest absolute Gasteiger partial charge is 0.361 e. The maximum Gasteiger partial charge on any atom is 0.0990 e. The lowest BCUT2D eigenvalue weighted by Gasteiger charge is -2.33. The number of hydrogen-bond donors (Lipinski definition) is 1. The lowest BCUT2D eigenvalue weighted by molar-refractivity contribution is 0.272. The van der Waals surface area contributed by atoms with Crippen molar-refractivity contribution in [2.45, 2.75) is 46.3 Å². The van der Waals surface area contributed by atoms with Crippen molar-refractivity contribution >= 4 is 23.0 Å². The van der Waals surface area contributed by atoms with Crippen molar-refractivity contribution in [3.8, 4) is 0 Å². The van der Waals surface area contributed by atoms with Crippen LogP contribution in [0.1, 0.15) is 34.1 Å². The van der Waals surface area contributed by atoms with Crippen molar-refractivity contribution in [3.05, 3.63) is 46.8 Å². The molecule has 0 saturated heterocycles. The SMILES string of the molecule is C[C@H](CC(C)(C)C)NC1C=c2cc3ccccc3cc2=CN1C. The molecule has 2 aromatic carbocycles. The Hall–Kier alpha value is -1.80. The van der Waals surface area contributed by atoms with Gasteiger partial charge in [0.05, 0.1) is 6.17 Å². The third-order valence-corrected chi connectivity index (χ3v) is 4.44. The van der Waals surface area contributed by atoms with Gasteiger partial charge >= 0.3 is 0 Å². The Bertz CT molecular complexity index is 814. The van der Waals surface area contributed by atoms with Crippen LogP contribution in [-0.2, 0) is 0 Å². The van der Waals surface area contributed by atoms with Crippen LogP contribution in [0.25, 0.3) is 23.0 Å². The molecule has 0 saturated carbocycles. The van der Waals surface area contributed by atoms with E-state index in [0.717, 1.165) is 6.42 Å². The third-order valence-electron chi connectivity index (χ3n) is 4.44. The second kappa shape index (κ2) is 6.01. The standard InChI is InChI=1S/C21H28N2/c1-15(13-21(2,3)4)22-20-12-18-10-16-8-6-7-9-17(16)11-19(18)14-23(20)5/h6-12,14-15,20,22H,13H2,1-5H3/t15-,20?/m1/s1. The summed E-state index contributed by atoms with van der Waals surface area (Å²) < 4.78 is 0. The van der Waals surface area contributed by atoms with Gasteiger partial charge in [-0.15, -0.1) is 0 Å². The van der Waals surface area contributed by atoms with Gasteiger partial charge in [0.15, 0.2) is 0 Å². The summed E-state index contributed by atoms with van der Waals surface area (Å²) in [6, 6.07) is 13.6. The van der Waals surface area contributed by atoms with E-state index in [-0.39, 0.29) is 6.17 Å². The minimum atomic E-state index is 0.251. The molecule has 0 radical (unpaired) electrons. The van der Waals surface area contributed by atoms with Crippen LogP contribution in [-0.4, -0.2) is 24.2 Å². The second-order valence-corrected chi connectivity index (χ2v) is 8.07. The molecule has 122 valence electrons. The number of fused-ring (bicyclic) bond motifs is 2. The summed E-state index contributed by atoms with van der Waals surface area (Å²) in [4.78, 5) is 2.27. The van der Waals surface area contributed by atoms with E-state index in [2.05, 4.69) is 93.6 Å². The van der Waals surface area contributed by atoms with E-state index in [1.54, 1.807) is 0 Å². The normalized spacial score (nSPS) is 19.0. The molecular weight excluding hydrogens is 280 g/mol. The van der Waals surface area contributed by atoms with Gasteiger partial charge in [-0.2, -0.15) is 0 Å². The van der Waals surface area contributed by atoms with Gasteiger partial charge < -0.3 is 4.90 Å². The van der Waals surface area contributed by atoms with Gasteiger partial charge in [-0.25, -0.2) is 0 Å². The van der Waals surface area contributed by atoms with Gasteiger partial charge in [0.25, 0.3) is 0 Å². The van der Waals surface area contributed by atoms with E-state index >= 15 is 0 Å². The minimum Gasteiger partial charge on any atom is -0.361 e. The van der Waals surface area contributed by atoms with E-state index in [0.29, 0.717) is 11.5 Å². The highest BCUT2D eigenvalue weighted by molar-refractivity contribution is 5.83. The van der Waals surface area contributed by atoms with E-state index in [1.807, 2.05) is 0 Å². The average Bonchev–Trinajstić information content (AvgIpc) is 2.44. The van der Waals surface area contributed by atoms with Gasteiger partial charge in [0.2, 0.25) is 0 Å². The fraction of sp³-hybridized carbons (Fsp3) is 0.429. The number of hydrogen-bond acceptors (Lipinski definition) is 2. The minimum absolute atomic E-state index is 0.251. The molecule has 1 unspecified atom stereocenters. The van der Waals surface area contributed by atoms with Crippen LogP contribution in [0.5, 0.6) is 0 Å². The molecule has 23 heavy (non-hydrogen) atoms. The van der Waals surface area contributed by atoms with Crippen molar-refractivity contribution in [1.29, 1.82) is 0 Å². The number of nitrogens with one attached hydrogen (secondary N) is 1. The van der Waals surface area contributed by atoms with Gasteiger partial charge in [-0.1, -0.05) is 45.0 Å². The molecule has 1 heterocycles. The average molecular weight is 308 g/mol. The summed E-state index contributed by atoms with van der Waals surface area (Å²) >= 11 is 0. The summed E-state index contributed by atoms with van der Waals surface area (Å²) in [6.45, 7) is 9.18. The van der Waals surface area contributed by atoms with E-state index < -0.39 is 0 Å². The first kappa shape index (κ1) is 16.1. The number of benzene rings is 2. The van der Waals surface area contributed by atoms with Crippen LogP contribution in [0.4, 0.5) is 0 Å². The topological polar surface area (TPSA) is 15.3 Å². The van der Waals surface area contributed by atoms with Gasteiger partial charge in [0.1, 0.15) is 0 Å². The lowest BCUT2D eigenvalue weighted by atomic mass is 9.88. The predicted octanol–water partition coefficient (Wildman–Crippen LogP) is 3.04. The Labute approximate surface area is 139 Å². The molecule has 2 aromatic rings. The Morgan fingerprint density at radius 2 is 1.70 bits per heavy atom. The van der Waals surface area contributed by atoms with Crippen LogP contribution in [0.3, 0.4) is 0 Å². The highest BCUT2D eigenvalue weighted by Crippen LogP contribution is 2.21. The van der Waals surface area contributed by atoms with Gasteiger partial charge in [-0.05, 0) is 58.2 Å². The zero-order valence-corrected chi connectivity index (χ0v) is 14.9. The summed E-state index contributed by atoms with van der Waals surface area (Å²) in [7, 11) is 2.15. The predicted molar refractivity (Wildman–Crippen MR) is 100 cm³/mol. The maximum absolute atomic E-state index is 3.75.